The van der Waals surface area contributed by atoms with Gasteiger partial charge in [0.15, 0.2) is 0 Å². The number of para-hydroxylation sites is 1. The van der Waals surface area contributed by atoms with Gasteiger partial charge in [-0.25, -0.2) is 14.8 Å². The molecule has 0 aliphatic heterocycles. The molecular formula is C21H20ClN5O4. The summed E-state index contributed by atoms with van der Waals surface area (Å²) in [6.07, 6.45) is 1.20. The summed E-state index contributed by atoms with van der Waals surface area (Å²) in [7, 11) is 0. The third-order valence-electron chi connectivity index (χ3n) is 4.06. The average molecular weight is 442 g/mol. The van der Waals surface area contributed by atoms with Gasteiger partial charge in [0, 0.05) is 5.69 Å². The van der Waals surface area contributed by atoms with Crippen LogP contribution in [0.4, 0.5) is 28.7 Å². The summed E-state index contributed by atoms with van der Waals surface area (Å²) < 4.78 is 5.19. The molecule has 0 saturated carbocycles. The van der Waals surface area contributed by atoms with E-state index in [0.717, 1.165) is 0 Å². The van der Waals surface area contributed by atoms with Gasteiger partial charge in [0.25, 0.3) is 0 Å². The summed E-state index contributed by atoms with van der Waals surface area (Å²) >= 11 is 6.13. The van der Waals surface area contributed by atoms with E-state index in [0.29, 0.717) is 28.6 Å². The van der Waals surface area contributed by atoms with Gasteiger partial charge in [0.05, 0.1) is 27.8 Å². The molecule has 0 amide bonds. The molecule has 0 saturated heterocycles. The minimum absolute atomic E-state index is 0.00955. The van der Waals surface area contributed by atoms with Crippen LogP contribution in [0, 0.1) is 16.0 Å². The molecule has 0 spiro atoms. The maximum Gasteiger partial charge on any atom is 0.353 e. The second-order valence-electron chi connectivity index (χ2n) is 6.98. The van der Waals surface area contributed by atoms with Crippen LogP contribution >= 0.6 is 11.6 Å². The molecule has 0 aliphatic rings. The van der Waals surface area contributed by atoms with Gasteiger partial charge in [-0.05, 0) is 42.3 Å². The highest BCUT2D eigenvalue weighted by Gasteiger charge is 2.24. The molecule has 3 aromatic rings. The van der Waals surface area contributed by atoms with E-state index in [2.05, 4.69) is 20.6 Å². The molecule has 0 radical (unpaired) electrons. The van der Waals surface area contributed by atoms with Crippen LogP contribution in [0.5, 0.6) is 0 Å². The van der Waals surface area contributed by atoms with E-state index < -0.39 is 10.9 Å². The van der Waals surface area contributed by atoms with Gasteiger partial charge in [-0.3, -0.25) is 10.1 Å². The van der Waals surface area contributed by atoms with Crippen molar-refractivity contribution >= 4 is 46.3 Å². The van der Waals surface area contributed by atoms with E-state index in [9.17, 15) is 14.9 Å². The van der Waals surface area contributed by atoms with Crippen LogP contribution in [0.25, 0.3) is 0 Å². The van der Waals surface area contributed by atoms with Gasteiger partial charge < -0.3 is 15.4 Å². The van der Waals surface area contributed by atoms with Gasteiger partial charge in [0.1, 0.15) is 6.33 Å². The highest BCUT2D eigenvalue weighted by atomic mass is 35.5. The Kier molecular flexibility index (Phi) is 6.99. The van der Waals surface area contributed by atoms with E-state index in [4.69, 9.17) is 16.3 Å². The molecule has 10 heteroatoms. The van der Waals surface area contributed by atoms with Crippen LogP contribution in [0.3, 0.4) is 0 Å². The quantitative estimate of drug-likeness (QED) is 0.273. The van der Waals surface area contributed by atoms with E-state index >= 15 is 0 Å². The number of carbonyl (C=O) groups is 1. The Morgan fingerprint density at radius 2 is 1.74 bits per heavy atom. The molecule has 3 rings (SSSR count). The van der Waals surface area contributed by atoms with Crippen molar-refractivity contribution in [3.05, 3.63) is 75.6 Å². The number of esters is 1. The number of nitrogens with one attached hydrogen (secondary N) is 2. The molecule has 2 aromatic carbocycles. The number of nitrogens with zero attached hydrogens (tertiary/aromatic N) is 3. The molecule has 1 heterocycles. The van der Waals surface area contributed by atoms with Crippen molar-refractivity contribution in [3.8, 4) is 0 Å². The summed E-state index contributed by atoms with van der Waals surface area (Å²) in [5.74, 6) is -0.217. The van der Waals surface area contributed by atoms with Crippen molar-refractivity contribution in [1.82, 2.24) is 9.97 Å². The lowest BCUT2D eigenvalue weighted by molar-refractivity contribution is -0.383. The van der Waals surface area contributed by atoms with Crippen LogP contribution in [-0.2, 0) is 4.74 Å². The second-order valence-corrected chi connectivity index (χ2v) is 7.38. The molecule has 160 valence electrons. The Hall–Kier alpha value is -3.72. The molecule has 0 fully saturated rings. The number of aromatic nitrogens is 2. The van der Waals surface area contributed by atoms with Crippen molar-refractivity contribution in [1.29, 1.82) is 0 Å². The number of nitro groups is 1. The number of anilines is 4. The first-order valence-electron chi connectivity index (χ1n) is 9.40. The van der Waals surface area contributed by atoms with Crippen molar-refractivity contribution in [2.75, 3.05) is 17.2 Å². The van der Waals surface area contributed by atoms with Gasteiger partial charge in [-0.1, -0.05) is 37.6 Å². The second kappa shape index (κ2) is 9.86. The number of hydrogen-bond donors (Lipinski definition) is 2. The number of carbonyl (C=O) groups excluding carboxylic acids is 1. The van der Waals surface area contributed by atoms with Gasteiger partial charge in [-0.2, -0.15) is 0 Å². The summed E-state index contributed by atoms with van der Waals surface area (Å²) in [5, 5.41) is 17.9. The SMILES string of the molecule is CC(C)COC(=O)c1ccc(Nc2ncnc(Nc3ccccc3Cl)c2[N+](=O)[O-])cc1. The van der Waals surface area contributed by atoms with Crippen LogP contribution in [0.1, 0.15) is 24.2 Å². The largest absolute Gasteiger partial charge is 0.462 e. The first-order valence-corrected chi connectivity index (χ1v) is 9.78. The molecule has 9 nitrogen and oxygen atoms in total. The maximum atomic E-state index is 12.0. The van der Waals surface area contributed by atoms with E-state index in [1.807, 2.05) is 13.8 Å². The Balaban J connectivity index is 1.82. The third kappa shape index (κ3) is 5.67. The summed E-state index contributed by atoms with van der Waals surface area (Å²) in [6, 6.07) is 13.2. The predicted molar refractivity (Wildman–Crippen MR) is 118 cm³/mol. The fourth-order valence-electron chi connectivity index (χ4n) is 2.58. The summed E-state index contributed by atoms with van der Waals surface area (Å²) in [4.78, 5) is 31.2. The van der Waals surface area contributed by atoms with Crippen LogP contribution in [-0.4, -0.2) is 27.5 Å². The zero-order chi connectivity index (χ0) is 22.4. The zero-order valence-corrected chi connectivity index (χ0v) is 17.6. The minimum Gasteiger partial charge on any atom is -0.462 e. The van der Waals surface area contributed by atoms with Crippen molar-refractivity contribution < 1.29 is 14.5 Å². The number of halogens is 1. The van der Waals surface area contributed by atoms with Crippen molar-refractivity contribution in [2.24, 2.45) is 5.92 Å². The third-order valence-corrected chi connectivity index (χ3v) is 4.39. The molecule has 0 aliphatic carbocycles. The highest BCUT2D eigenvalue weighted by molar-refractivity contribution is 6.33. The number of ether oxygens (including phenoxy) is 1. The van der Waals surface area contributed by atoms with E-state index in [-0.39, 0.29) is 23.2 Å². The van der Waals surface area contributed by atoms with Gasteiger partial charge >= 0.3 is 11.7 Å². The first-order chi connectivity index (χ1) is 14.8. The summed E-state index contributed by atoms with van der Waals surface area (Å²) in [6.45, 7) is 4.22. The topological polar surface area (TPSA) is 119 Å². The average Bonchev–Trinajstić information content (AvgIpc) is 2.74. The lowest BCUT2D eigenvalue weighted by Crippen LogP contribution is -2.10. The molecule has 0 unspecified atom stereocenters. The number of rotatable bonds is 8. The van der Waals surface area contributed by atoms with Gasteiger partial charge in [-0.15, -0.1) is 0 Å². The highest BCUT2D eigenvalue weighted by Crippen LogP contribution is 2.34. The fourth-order valence-corrected chi connectivity index (χ4v) is 2.76. The molecule has 0 bridgehead atoms. The van der Waals surface area contributed by atoms with Crippen LogP contribution in [0.2, 0.25) is 5.02 Å². The van der Waals surface area contributed by atoms with Crippen LogP contribution < -0.4 is 10.6 Å². The fraction of sp³-hybridized carbons (Fsp3) is 0.190. The smallest absolute Gasteiger partial charge is 0.353 e. The van der Waals surface area contributed by atoms with E-state index in [1.54, 1.807) is 48.5 Å². The molecule has 31 heavy (non-hydrogen) atoms. The first kappa shape index (κ1) is 22.0. The zero-order valence-electron chi connectivity index (χ0n) is 16.8. The monoisotopic (exact) mass is 441 g/mol. The Morgan fingerprint density at radius 3 is 2.35 bits per heavy atom. The molecule has 0 atom stereocenters. The predicted octanol–water partition coefficient (Wildman–Crippen LogP) is 5.34. The Morgan fingerprint density at radius 1 is 1.10 bits per heavy atom. The number of hydrogen-bond acceptors (Lipinski definition) is 8. The van der Waals surface area contributed by atoms with Gasteiger partial charge in [0.2, 0.25) is 11.6 Å². The van der Waals surface area contributed by atoms with Crippen LogP contribution in [0.15, 0.2) is 54.9 Å². The minimum atomic E-state index is -0.584. The lowest BCUT2D eigenvalue weighted by atomic mass is 10.2. The Labute approximate surface area is 183 Å². The van der Waals surface area contributed by atoms with E-state index in [1.165, 1.54) is 6.33 Å². The molecule has 2 N–H and O–H groups in total. The Bertz CT molecular complexity index is 1090. The normalized spacial score (nSPS) is 10.6. The molecular weight excluding hydrogens is 422 g/mol. The summed E-state index contributed by atoms with van der Waals surface area (Å²) in [5.41, 5.74) is 1.01. The lowest BCUT2D eigenvalue weighted by Gasteiger charge is -2.11. The number of benzene rings is 2. The maximum absolute atomic E-state index is 12.0. The molecule has 1 aromatic heterocycles. The van der Waals surface area contributed by atoms with Crippen molar-refractivity contribution in [3.63, 3.8) is 0 Å². The van der Waals surface area contributed by atoms with Crippen molar-refractivity contribution in [2.45, 2.75) is 13.8 Å². The standard InChI is InChI=1S/C21H20ClN5O4/c1-13(2)11-31-21(28)14-7-9-15(10-8-14)25-19-18(27(29)30)20(24-12-23-19)26-17-6-4-3-5-16(17)22/h3-10,12-13H,11H2,1-2H3,(H2,23,24,25,26).